The number of methoxy groups -OCH3 is 1. The van der Waals surface area contributed by atoms with Crippen molar-refractivity contribution in [2.24, 2.45) is 0 Å². The van der Waals surface area contributed by atoms with Crippen LogP contribution in [0.5, 0.6) is 0 Å². The molecule has 0 atom stereocenters. The van der Waals surface area contributed by atoms with E-state index < -0.39 is 10.0 Å². The van der Waals surface area contributed by atoms with Crippen LogP contribution in [0, 0.1) is 6.92 Å². The molecule has 7 heteroatoms. The first-order valence-corrected chi connectivity index (χ1v) is 10.8. The van der Waals surface area contributed by atoms with E-state index in [9.17, 15) is 13.2 Å². The number of hydrogen-bond donors (Lipinski definition) is 2. The topological polar surface area (TPSA) is 84.5 Å². The minimum Gasteiger partial charge on any atom is -0.383 e. The van der Waals surface area contributed by atoms with Crippen LogP contribution in [0.4, 0.5) is 5.69 Å². The number of anilines is 1. The van der Waals surface area contributed by atoms with E-state index in [0.717, 1.165) is 19.3 Å². The van der Waals surface area contributed by atoms with Crippen LogP contribution in [0.15, 0.2) is 47.4 Å². The zero-order valence-electron chi connectivity index (χ0n) is 16.6. The SMILES string of the molecule is CCCCc1ccc(NC(=O)c2cc(S(=O)(=O)NCCOC)ccc2C)cc1. The second kappa shape index (κ2) is 10.4. The minimum atomic E-state index is -3.70. The Morgan fingerprint density at radius 3 is 2.46 bits per heavy atom. The third kappa shape index (κ3) is 6.15. The van der Waals surface area contributed by atoms with Crippen molar-refractivity contribution < 1.29 is 17.9 Å². The van der Waals surface area contributed by atoms with Gasteiger partial charge in [0.05, 0.1) is 11.5 Å². The summed E-state index contributed by atoms with van der Waals surface area (Å²) >= 11 is 0. The highest BCUT2D eigenvalue weighted by Gasteiger charge is 2.18. The Balaban J connectivity index is 2.14. The molecule has 152 valence electrons. The van der Waals surface area contributed by atoms with Gasteiger partial charge < -0.3 is 10.1 Å². The number of sulfonamides is 1. The van der Waals surface area contributed by atoms with Gasteiger partial charge in [-0.15, -0.1) is 0 Å². The summed E-state index contributed by atoms with van der Waals surface area (Å²) in [6.07, 6.45) is 3.28. The molecule has 0 spiro atoms. The Kier molecular flexibility index (Phi) is 8.17. The number of nitrogens with one attached hydrogen (secondary N) is 2. The third-order valence-corrected chi connectivity index (χ3v) is 5.85. The fourth-order valence-electron chi connectivity index (χ4n) is 2.71. The molecule has 2 N–H and O–H groups in total. The van der Waals surface area contributed by atoms with E-state index >= 15 is 0 Å². The summed E-state index contributed by atoms with van der Waals surface area (Å²) in [4.78, 5) is 12.7. The molecular weight excluding hydrogens is 376 g/mol. The summed E-state index contributed by atoms with van der Waals surface area (Å²) in [5, 5.41) is 2.84. The number of unbranched alkanes of at least 4 members (excludes halogenated alkanes) is 1. The largest absolute Gasteiger partial charge is 0.383 e. The van der Waals surface area contributed by atoms with Gasteiger partial charge in [-0.25, -0.2) is 13.1 Å². The van der Waals surface area contributed by atoms with Gasteiger partial charge >= 0.3 is 0 Å². The summed E-state index contributed by atoms with van der Waals surface area (Å²) < 4.78 is 32.1. The average Bonchev–Trinajstić information content (AvgIpc) is 2.67. The Bertz CT molecular complexity index is 893. The molecule has 0 bridgehead atoms. The zero-order chi connectivity index (χ0) is 20.6. The molecule has 2 rings (SSSR count). The third-order valence-electron chi connectivity index (χ3n) is 4.39. The predicted molar refractivity (Wildman–Crippen MR) is 111 cm³/mol. The maximum atomic E-state index is 12.7. The fraction of sp³-hybridized carbons (Fsp3) is 0.381. The van der Waals surface area contributed by atoms with Crippen LogP contribution < -0.4 is 10.0 Å². The minimum absolute atomic E-state index is 0.0502. The van der Waals surface area contributed by atoms with E-state index in [-0.39, 0.29) is 24.0 Å². The Hall–Kier alpha value is -2.22. The Morgan fingerprint density at radius 2 is 1.82 bits per heavy atom. The first-order valence-electron chi connectivity index (χ1n) is 9.37. The summed E-state index contributed by atoms with van der Waals surface area (Å²) in [7, 11) is -2.20. The van der Waals surface area contributed by atoms with Gasteiger partial charge in [-0.05, 0) is 55.2 Å². The van der Waals surface area contributed by atoms with Crippen molar-refractivity contribution in [2.45, 2.75) is 38.0 Å². The number of aryl methyl sites for hydroxylation is 2. The van der Waals surface area contributed by atoms with Crippen LogP contribution in [0.3, 0.4) is 0 Å². The number of carbonyl (C=O) groups excluding carboxylic acids is 1. The number of ether oxygens (including phenoxy) is 1. The molecule has 0 aliphatic rings. The highest BCUT2D eigenvalue weighted by molar-refractivity contribution is 7.89. The molecule has 1 amide bonds. The van der Waals surface area contributed by atoms with E-state index in [2.05, 4.69) is 17.0 Å². The normalized spacial score (nSPS) is 11.4. The van der Waals surface area contributed by atoms with Crippen LogP contribution in [0.2, 0.25) is 0 Å². The molecule has 28 heavy (non-hydrogen) atoms. The van der Waals surface area contributed by atoms with Crippen LogP contribution in [-0.4, -0.2) is 34.6 Å². The van der Waals surface area contributed by atoms with Gasteiger partial charge in [0.1, 0.15) is 0 Å². The van der Waals surface area contributed by atoms with Gasteiger partial charge in [0, 0.05) is 24.9 Å². The van der Waals surface area contributed by atoms with Crippen LogP contribution >= 0.6 is 0 Å². The monoisotopic (exact) mass is 404 g/mol. The molecule has 2 aromatic rings. The molecule has 0 radical (unpaired) electrons. The first-order chi connectivity index (χ1) is 13.4. The van der Waals surface area contributed by atoms with Crippen LogP contribution in [0.1, 0.15) is 41.3 Å². The van der Waals surface area contributed by atoms with Crippen molar-refractivity contribution in [3.63, 3.8) is 0 Å². The summed E-state index contributed by atoms with van der Waals surface area (Å²) in [5.41, 5.74) is 2.93. The number of amides is 1. The van der Waals surface area contributed by atoms with Gasteiger partial charge in [0.15, 0.2) is 0 Å². The quantitative estimate of drug-likeness (QED) is 0.594. The molecular formula is C21H28N2O4S. The second-order valence-electron chi connectivity index (χ2n) is 6.62. The molecule has 0 fully saturated rings. The lowest BCUT2D eigenvalue weighted by Gasteiger charge is -2.11. The lowest BCUT2D eigenvalue weighted by Crippen LogP contribution is -2.27. The molecule has 2 aromatic carbocycles. The lowest BCUT2D eigenvalue weighted by atomic mass is 10.1. The maximum absolute atomic E-state index is 12.7. The van der Waals surface area contributed by atoms with Crippen molar-refractivity contribution >= 4 is 21.6 Å². The van der Waals surface area contributed by atoms with Crippen LogP contribution in [-0.2, 0) is 21.2 Å². The van der Waals surface area contributed by atoms with Crippen molar-refractivity contribution in [2.75, 3.05) is 25.6 Å². The molecule has 0 aliphatic heterocycles. The van der Waals surface area contributed by atoms with Gasteiger partial charge in [0.2, 0.25) is 10.0 Å². The van der Waals surface area contributed by atoms with Gasteiger partial charge in [0.25, 0.3) is 5.91 Å². The van der Waals surface area contributed by atoms with Crippen molar-refractivity contribution in [3.05, 3.63) is 59.2 Å². The van der Waals surface area contributed by atoms with Gasteiger partial charge in [-0.3, -0.25) is 4.79 Å². The Morgan fingerprint density at radius 1 is 1.11 bits per heavy atom. The zero-order valence-corrected chi connectivity index (χ0v) is 17.4. The lowest BCUT2D eigenvalue weighted by molar-refractivity contribution is 0.102. The van der Waals surface area contributed by atoms with Crippen LogP contribution in [0.25, 0.3) is 0 Å². The highest BCUT2D eigenvalue weighted by Crippen LogP contribution is 2.18. The predicted octanol–water partition coefficient (Wildman–Crippen LogP) is 3.51. The molecule has 0 heterocycles. The van der Waals surface area contributed by atoms with E-state index in [0.29, 0.717) is 16.8 Å². The summed E-state index contributed by atoms with van der Waals surface area (Å²) in [6, 6.07) is 12.3. The number of benzene rings is 2. The summed E-state index contributed by atoms with van der Waals surface area (Å²) in [6.45, 7) is 4.36. The first kappa shape index (κ1) is 22.1. The van der Waals surface area contributed by atoms with E-state index in [1.807, 2.05) is 24.3 Å². The van der Waals surface area contributed by atoms with E-state index in [4.69, 9.17) is 4.74 Å². The second-order valence-corrected chi connectivity index (χ2v) is 8.39. The molecule has 0 aromatic heterocycles. The fourth-order valence-corrected chi connectivity index (χ4v) is 3.75. The highest BCUT2D eigenvalue weighted by atomic mass is 32.2. The molecule has 6 nitrogen and oxygen atoms in total. The standard InChI is InChI=1S/C21H28N2O4S/c1-4-5-6-17-8-10-18(11-9-17)23-21(24)20-15-19(12-7-16(20)2)28(25,26)22-13-14-27-3/h7-12,15,22H,4-6,13-14H2,1-3H3,(H,23,24). The van der Waals surface area contributed by atoms with Gasteiger partial charge in [-0.1, -0.05) is 31.5 Å². The summed E-state index contributed by atoms with van der Waals surface area (Å²) in [5.74, 6) is -0.340. The number of hydrogen-bond acceptors (Lipinski definition) is 4. The molecule has 0 saturated heterocycles. The molecule has 0 unspecified atom stereocenters. The smallest absolute Gasteiger partial charge is 0.255 e. The van der Waals surface area contributed by atoms with E-state index in [1.54, 1.807) is 13.0 Å². The van der Waals surface area contributed by atoms with Crippen molar-refractivity contribution in [1.29, 1.82) is 0 Å². The number of rotatable bonds is 10. The number of carbonyl (C=O) groups is 1. The molecule has 0 saturated carbocycles. The average molecular weight is 405 g/mol. The Labute approximate surface area is 167 Å². The van der Waals surface area contributed by atoms with E-state index in [1.165, 1.54) is 24.8 Å². The van der Waals surface area contributed by atoms with Crippen molar-refractivity contribution in [1.82, 2.24) is 4.72 Å². The maximum Gasteiger partial charge on any atom is 0.255 e. The van der Waals surface area contributed by atoms with Crippen molar-refractivity contribution in [3.8, 4) is 0 Å². The molecule has 0 aliphatic carbocycles. The van der Waals surface area contributed by atoms with Gasteiger partial charge in [-0.2, -0.15) is 0 Å².